The summed E-state index contributed by atoms with van der Waals surface area (Å²) in [6.07, 6.45) is 2.27. The van der Waals surface area contributed by atoms with Gasteiger partial charge in [-0.15, -0.1) is 0 Å². The lowest BCUT2D eigenvalue weighted by molar-refractivity contribution is -0.133. The predicted octanol–water partition coefficient (Wildman–Crippen LogP) is 2.03. The minimum atomic E-state index is -1.03. The molecule has 2 fully saturated rings. The number of nitrogens with zero attached hydrogens (tertiary/aromatic N) is 4. The van der Waals surface area contributed by atoms with E-state index in [4.69, 9.17) is 4.74 Å². The van der Waals surface area contributed by atoms with Gasteiger partial charge in [0, 0.05) is 32.4 Å². The SMILES string of the molecule is CCC1(c2ccc(OC)cc2)NC(=O)N(CN2CCN(c3ccccn3)CC2)C1=O. The maximum Gasteiger partial charge on any atom is 0.326 e. The summed E-state index contributed by atoms with van der Waals surface area (Å²) in [6, 6.07) is 12.8. The van der Waals surface area contributed by atoms with E-state index in [1.54, 1.807) is 13.3 Å². The van der Waals surface area contributed by atoms with E-state index in [9.17, 15) is 9.59 Å². The number of rotatable bonds is 6. The van der Waals surface area contributed by atoms with Crippen molar-refractivity contribution < 1.29 is 14.3 Å². The van der Waals surface area contributed by atoms with Crippen LogP contribution in [0.25, 0.3) is 0 Å². The Morgan fingerprint density at radius 2 is 1.80 bits per heavy atom. The van der Waals surface area contributed by atoms with E-state index < -0.39 is 5.54 Å². The average molecular weight is 409 g/mol. The van der Waals surface area contributed by atoms with Gasteiger partial charge in [-0.05, 0) is 36.2 Å². The van der Waals surface area contributed by atoms with Gasteiger partial charge in [-0.25, -0.2) is 14.7 Å². The summed E-state index contributed by atoms with van der Waals surface area (Å²) < 4.78 is 5.21. The van der Waals surface area contributed by atoms with Crippen molar-refractivity contribution in [2.45, 2.75) is 18.9 Å². The van der Waals surface area contributed by atoms with Crippen LogP contribution in [0.1, 0.15) is 18.9 Å². The maximum absolute atomic E-state index is 13.3. The smallest absolute Gasteiger partial charge is 0.326 e. The number of amides is 3. The van der Waals surface area contributed by atoms with Gasteiger partial charge in [-0.2, -0.15) is 0 Å². The van der Waals surface area contributed by atoms with Crippen LogP contribution in [0, 0.1) is 0 Å². The number of methoxy groups -OCH3 is 1. The van der Waals surface area contributed by atoms with Crippen molar-refractivity contribution >= 4 is 17.8 Å². The fourth-order valence-corrected chi connectivity index (χ4v) is 4.13. The number of piperazine rings is 1. The second kappa shape index (κ2) is 8.31. The number of hydrogen-bond acceptors (Lipinski definition) is 6. The zero-order chi connectivity index (χ0) is 21.1. The minimum Gasteiger partial charge on any atom is -0.497 e. The highest BCUT2D eigenvalue weighted by molar-refractivity contribution is 6.07. The van der Waals surface area contributed by atoms with Crippen molar-refractivity contribution in [3.8, 4) is 5.75 Å². The molecule has 2 aliphatic rings. The zero-order valence-corrected chi connectivity index (χ0v) is 17.4. The number of imide groups is 1. The number of pyridine rings is 1. The topological polar surface area (TPSA) is 78.0 Å². The largest absolute Gasteiger partial charge is 0.497 e. The number of urea groups is 1. The van der Waals surface area contributed by atoms with Crippen molar-refractivity contribution in [3.63, 3.8) is 0 Å². The maximum atomic E-state index is 13.3. The van der Waals surface area contributed by atoms with E-state index in [-0.39, 0.29) is 11.9 Å². The molecule has 1 atom stereocenters. The standard InChI is InChI=1S/C22H27N5O3/c1-3-22(17-7-9-18(30-2)10-8-17)20(28)27(21(29)24-22)16-25-12-14-26(15-13-25)19-6-4-5-11-23-19/h4-11H,3,12-16H2,1-2H3,(H,24,29). The molecule has 30 heavy (non-hydrogen) atoms. The van der Waals surface area contributed by atoms with Crippen LogP contribution in [0.3, 0.4) is 0 Å². The van der Waals surface area contributed by atoms with Crippen LogP contribution in [0.2, 0.25) is 0 Å². The fourth-order valence-electron chi connectivity index (χ4n) is 4.13. The van der Waals surface area contributed by atoms with Crippen molar-refractivity contribution in [2.75, 3.05) is 44.9 Å². The first kappa shape index (κ1) is 20.2. The molecule has 1 N–H and O–H groups in total. The van der Waals surface area contributed by atoms with Crippen LogP contribution in [0.4, 0.5) is 10.6 Å². The number of ether oxygens (including phenoxy) is 1. The number of aromatic nitrogens is 1. The van der Waals surface area contributed by atoms with Crippen molar-refractivity contribution in [1.29, 1.82) is 0 Å². The van der Waals surface area contributed by atoms with Gasteiger partial charge in [0.15, 0.2) is 0 Å². The molecule has 4 rings (SSSR count). The molecule has 0 radical (unpaired) electrons. The summed E-state index contributed by atoms with van der Waals surface area (Å²) >= 11 is 0. The van der Waals surface area contributed by atoms with Crippen LogP contribution < -0.4 is 15.0 Å². The minimum absolute atomic E-state index is 0.202. The molecular weight excluding hydrogens is 382 g/mol. The molecule has 3 amide bonds. The molecule has 158 valence electrons. The molecule has 1 unspecified atom stereocenters. The number of nitrogens with one attached hydrogen (secondary N) is 1. The zero-order valence-electron chi connectivity index (χ0n) is 17.4. The number of anilines is 1. The molecule has 3 heterocycles. The Morgan fingerprint density at radius 3 is 2.40 bits per heavy atom. The monoisotopic (exact) mass is 409 g/mol. The summed E-state index contributed by atoms with van der Waals surface area (Å²) in [6.45, 7) is 5.33. The Labute approximate surface area is 176 Å². The van der Waals surface area contributed by atoms with Gasteiger partial charge in [-0.1, -0.05) is 25.1 Å². The van der Waals surface area contributed by atoms with Gasteiger partial charge in [0.1, 0.15) is 17.1 Å². The lowest BCUT2D eigenvalue weighted by atomic mass is 9.87. The van der Waals surface area contributed by atoms with Crippen molar-refractivity contribution in [2.24, 2.45) is 0 Å². The Hall–Kier alpha value is -3.13. The van der Waals surface area contributed by atoms with E-state index in [0.29, 0.717) is 18.8 Å². The number of benzene rings is 1. The van der Waals surface area contributed by atoms with Gasteiger partial charge in [0.2, 0.25) is 0 Å². The first-order valence-electron chi connectivity index (χ1n) is 10.2. The molecule has 1 aromatic heterocycles. The third-order valence-electron chi connectivity index (χ3n) is 5.98. The van der Waals surface area contributed by atoms with Gasteiger partial charge < -0.3 is 15.0 Å². The molecule has 0 saturated carbocycles. The second-order valence-electron chi connectivity index (χ2n) is 7.59. The Morgan fingerprint density at radius 1 is 1.07 bits per heavy atom. The highest BCUT2D eigenvalue weighted by Crippen LogP contribution is 2.33. The van der Waals surface area contributed by atoms with E-state index >= 15 is 0 Å². The van der Waals surface area contributed by atoms with Crippen molar-refractivity contribution in [3.05, 3.63) is 54.2 Å². The first-order chi connectivity index (χ1) is 14.6. The Balaban J connectivity index is 1.44. The van der Waals surface area contributed by atoms with Gasteiger partial charge in [0.25, 0.3) is 5.91 Å². The quantitative estimate of drug-likeness (QED) is 0.736. The highest BCUT2D eigenvalue weighted by Gasteiger charge is 2.51. The van der Waals surface area contributed by atoms with E-state index in [1.807, 2.05) is 49.4 Å². The number of hydrogen-bond donors (Lipinski definition) is 1. The average Bonchev–Trinajstić information content (AvgIpc) is 3.05. The third kappa shape index (κ3) is 3.59. The molecule has 2 aromatic rings. The van der Waals surface area contributed by atoms with E-state index in [0.717, 1.165) is 37.6 Å². The van der Waals surface area contributed by atoms with Gasteiger partial charge in [0.05, 0.1) is 13.8 Å². The molecule has 2 saturated heterocycles. The van der Waals surface area contributed by atoms with Crippen LogP contribution in [0.5, 0.6) is 5.75 Å². The lowest BCUT2D eigenvalue weighted by Crippen LogP contribution is -2.52. The van der Waals surface area contributed by atoms with Crippen LogP contribution in [-0.2, 0) is 10.3 Å². The second-order valence-corrected chi connectivity index (χ2v) is 7.59. The first-order valence-corrected chi connectivity index (χ1v) is 10.2. The molecule has 0 bridgehead atoms. The Kier molecular flexibility index (Phi) is 5.59. The summed E-state index contributed by atoms with van der Waals surface area (Å²) in [7, 11) is 1.60. The summed E-state index contributed by atoms with van der Waals surface area (Å²) in [5.41, 5.74) is -0.259. The number of carbonyl (C=O) groups excluding carboxylic acids is 2. The predicted molar refractivity (Wildman–Crippen MR) is 113 cm³/mol. The molecule has 1 aromatic carbocycles. The summed E-state index contributed by atoms with van der Waals surface area (Å²) in [4.78, 5) is 36.2. The summed E-state index contributed by atoms with van der Waals surface area (Å²) in [5, 5.41) is 2.94. The van der Waals surface area contributed by atoms with Crippen LogP contribution >= 0.6 is 0 Å². The third-order valence-corrected chi connectivity index (χ3v) is 5.98. The molecule has 0 spiro atoms. The molecule has 8 nitrogen and oxygen atoms in total. The molecule has 2 aliphatic heterocycles. The van der Waals surface area contributed by atoms with E-state index in [2.05, 4.69) is 20.1 Å². The van der Waals surface area contributed by atoms with Gasteiger partial charge >= 0.3 is 6.03 Å². The van der Waals surface area contributed by atoms with E-state index in [1.165, 1.54) is 4.90 Å². The molecular formula is C22H27N5O3. The number of carbonyl (C=O) groups is 2. The van der Waals surface area contributed by atoms with Crippen LogP contribution in [0.15, 0.2) is 48.7 Å². The molecule has 0 aliphatic carbocycles. The lowest BCUT2D eigenvalue weighted by Gasteiger charge is -2.36. The van der Waals surface area contributed by atoms with Gasteiger partial charge in [-0.3, -0.25) is 9.69 Å². The Bertz CT molecular complexity index is 897. The van der Waals surface area contributed by atoms with Crippen molar-refractivity contribution in [1.82, 2.24) is 20.1 Å². The highest BCUT2D eigenvalue weighted by atomic mass is 16.5. The molecule has 8 heteroatoms. The normalized spacial score (nSPS) is 22.3. The summed E-state index contributed by atoms with van der Waals surface area (Å²) in [5.74, 6) is 1.47. The van der Waals surface area contributed by atoms with Crippen LogP contribution in [-0.4, -0.2) is 66.7 Å². The fraction of sp³-hybridized carbons (Fsp3) is 0.409.